The van der Waals surface area contributed by atoms with E-state index in [-0.39, 0.29) is 17.9 Å². The molecule has 1 atom stereocenters. The van der Waals surface area contributed by atoms with Crippen LogP contribution in [0.4, 0.5) is 15.0 Å². The molecule has 0 aromatic carbocycles. The maximum atomic E-state index is 13.8. The number of carbonyl (C=O) groups excluding carboxylic acids is 1. The van der Waals surface area contributed by atoms with Crippen molar-refractivity contribution in [3.8, 4) is 0 Å². The lowest BCUT2D eigenvalue weighted by Crippen LogP contribution is -2.44. The van der Waals surface area contributed by atoms with Gasteiger partial charge in [0.1, 0.15) is 11.5 Å². The lowest BCUT2D eigenvalue weighted by Gasteiger charge is -2.21. The average Bonchev–Trinajstić information content (AvgIpc) is 3.17. The second-order valence-electron chi connectivity index (χ2n) is 6.06. The highest BCUT2D eigenvalue weighted by Crippen LogP contribution is 2.21. The topological polar surface area (TPSA) is 61.6 Å². The molecule has 0 saturated carbocycles. The van der Waals surface area contributed by atoms with Crippen LogP contribution < -0.4 is 10.2 Å². The number of furan rings is 1. The minimum absolute atomic E-state index is 0.0281. The second-order valence-corrected chi connectivity index (χ2v) is 6.06. The van der Waals surface area contributed by atoms with E-state index in [9.17, 15) is 9.18 Å². The van der Waals surface area contributed by atoms with Gasteiger partial charge in [0.05, 0.1) is 6.54 Å². The Kier molecular flexibility index (Phi) is 4.69. The van der Waals surface area contributed by atoms with Crippen LogP contribution >= 0.6 is 0 Å². The Morgan fingerprint density at radius 2 is 2.33 bits per heavy atom. The Morgan fingerprint density at radius 3 is 3.04 bits per heavy atom. The predicted octanol–water partition coefficient (Wildman–Crippen LogP) is 2.54. The Balaban J connectivity index is 1.53. The van der Waals surface area contributed by atoms with Crippen LogP contribution in [0.1, 0.15) is 17.9 Å². The van der Waals surface area contributed by atoms with Crippen molar-refractivity contribution >= 4 is 11.8 Å². The SMILES string of the molecule is Cc1ccc(CN(C)C(=O)NC2CCN(c3ncccc3F)C2)o1. The molecule has 1 unspecified atom stereocenters. The van der Waals surface area contributed by atoms with E-state index >= 15 is 0 Å². The molecule has 2 amide bonds. The van der Waals surface area contributed by atoms with Gasteiger partial charge in [-0.05, 0) is 37.6 Å². The standard InChI is InChI=1S/C17H21FN4O2/c1-12-5-6-14(24-12)11-21(2)17(23)20-13-7-9-22(10-13)16-15(18)4-3-8-19-16/h3-6,8,13H,7,9-11H2,1-2H3,(H,20,23). The number of carbonyl (C=O) groups is 1. The maximum absolute atomic E-state index is 13.8. The highest BCUT2D eigenvalue weighted by Gasteiger charge is 2.27. The summed E-state index contributed by atoms with van der Waals surface area (Å²) in [6.07, 6.45) is 2.33. The highest BCUT2D eigenvalue weighted by molar-refractivity contribution is 5.74. The first-order valence-electron chi connectivity index (χ1n) is 7.95. The van der Waals surface area contributed by atoms with E-state index in [1.165, 1.54) is 6.07 Å². The van der Waals surface area contributed by atoms with Crippen LogP contribution in [0.3, 0.4) is 0 Å². The van der Waals surface area contributed by atoms with Crippen LogP contribution in [0.2, 0.25) is 0 Å². The number of hydrogen-bond donors (Lipinski definition) is 1. The lowest BCUT2D eigenvalue weighted by molar-refractivity contribution is 0.199. The minimum atomic E-state index is -0.338. The summed E-state index contributed by atoms with van der Waals surface area (Å²) in [7, 11) is 1.72. The second kappa shape index (κ2) is 6.90. The third kappa shape index (κ3) is 3.67. The van der Waals surface area contributed by atoms with Gasteiger partial charge in [-0.25, -0.2) is 14.2 Å². The molecule has 3 heterocycles. The predicted molar refractivity (Wildman–Crippen MR) is 88.3 cm³/mol. The molecule has 1 fully saturated rings. The summed E-state index contributed by atoms with van der Waals surface area (Å²) in [6, 6.07) is 6.50. The molecule has 3 rings (SSSR count). The molecule has 0 spiro atoms. The molecular weight excluding hydrogens is 311 g/mol. The van der Waals surface area contributed by atoms with Crippen LogP contribution in [-0.4, -0.2) is 42.1 Å². The number of pyridine rings is 1. The monoisotopic (exact) mass is 332 g/mol. The van der Waals surface area contributed by atoms with E-state index in [0.29, 0.717) is 25.5 Å². The van der Waals surface area contributed by atoms with Crippen LogP contribution in [-0.2, 0) is 6.54 Å². The number of nitrogens with one attached hydrogen (secondary N) is 1. The first-order chi connectivity index (χ1) is 11.5. The number of aryl methyl sites for hydroxylation is 1. The quantitative estimate of drug-likeness (QED) is 0.935. The first-order valence-corrected chi connectivity index (χ1v) is 7.95. The molecular formula is C17H21FN4O2. The largest absolute Gasteiger partial charge is 0.464 e. The Hall–Kier alpha value is -2.57. The lowest BCUT2D eigenvalue weighted by atomic mass is 10.3. The highest BCUT2D eigenvalue weighted by atomic mass is 19.1. The molecule has 0 aliphatic carbocycles. The molecule has 1 saturated heterocycles. The third-order valence-corrected chi connectivity index (χ3v) is 4.09. The van der Waals surface area contributed by atoms with Crippen molar-refractivity contribution in [1.82, 2.24) is 15.2 Å². The van der Waals surface area contributed by atoms with Crippen molar-refractivity contribution in [2.45, 2.75) is 25.9 Å². The molecule has 0 radical (unpaired) electrons. The summed E-state index contributed by atoms with van der Waals surface area (Å²) < 4.78 is 19.3. The van der Waals surface area contributed by atoms with E-state index in [1.54, 1.807) is 24.2 Å². The molecule has 1 N–H and O–H groups in total. The van der Waals surface area contributed by atoms with Gasteiger partial charge in [-0.15, -0.1) is 0 Å². The van der Waals surface area contributed by atoms with Gasteiger partial charge in [0.15, 0.2) is 11.6 Å². The summed E-state index contributed by atoms with van der Waals surface area (Å²) in [4.78, 5) is 19.8. The van der Waals surface area contributed by atoms with Crippen LogP contribution in [0, 0.1) is 12.7 Å². The van der Waals surface area contributed by atoms with Gasteiger partial charge in [0.2, 0.25) is 0 Å². The maximum Gasteiger partial charge on any atom is 0.317 e. The van der Waals surface area contributed by atoms with E-state index in [1.807, 2.05) is 24.0 Å². The summed E-state index contributed by atoms with van der Waals surface area (Å²) in [5.74, 6) is 1.57. The Morgan fingerprint density at radius 1 is 1.50 bits per heavy atom. The molecule has 1 aliphatic heterocycles. The Bertz CT molecular complexity index is 718. The van der Waals surface area contributed by atoms with Crippen LogP contribution in [0.25, 0.3) is 0 Å². The molecule has 0 bridgehead atoms. The van der Waals surface area contributed by atoms with Crippen LogP contribution in [0.15, 0.2) is 34.9 Å². The molecule has 24 heavy (non-hydrogen) atoms. The number of amides is 2. The van der Waals surface area contributed by atoms with E-state index in [2.05, 4.69) is 10.3 Å². The zero-order valence-corrected chi connectivity index (χ0v) is 13.8. The van der Waals surface area contributed by atoms with Crippen molar-refractivity contribution < 1.29 is 13.6 Å². The number of halogens is 1. The van der Waals surface area contributed by atoms with Gasteiger partial charge < -0.3 is 19.5 Å². The third-order valence-electron chi connectivity index (χ3n) is 4.09. The average molecular weight is 332 g/mol. The number of rotatable bonds is 4. The van der Waals surface area contributed by atoms with Gasteiger partial charge in [0.25, 0.3) is 0 Å². The molecule has 2 aromatic heterocycles. The number of anilines is 1. The number of aromatic nitrogens is 1. The van der Waals surface area contributed by atoms with Crippen molar-refractivity contribution in [2.24, 2.45) is 0 Å². The normalized spacial score (nSPS) is 17.1. The smallest absolute Gasteiger partial charge is 0.317 e. The van der Waals surface area contributed by atoms with E-state index < -0.39 is 0 Å². The van der Waals surface area contributed by atoms with Gasteiger partial charge in [-0.3, -0.25) is 0 Å². The van der Waals surface area contributed by atoms with Crippen molar-refractivity contribution in [3.63, 3.8) is 0 Å². The van der Waals surface area contributed by atoms with Gasteiger partial charge in [-0.1, -0.05) is 0 Å². The van der Waals surface area contributed by atoms with Gasteiger partial charge in [0, 0.05) is 32.4 Å². The van der Waals surface area contributed by atoms with E-state index in [4.69, 9.17) is 4.42 Å². The van der Waals surface area contributed by atoms with E-state index in [0.717, 1.165) is 17.9 Å². The van der Waals surface area contributed by atoms with Crippen LogP contribution in [0.5, 0.6) is 0 Å². The molecule has 6 nitrogen and oxygen atoms in total. The first kappa shape index (κ1) is 16.3. The minimum Gasteiger partial charge on any atom is -0.464 e. The molecule has 1 aliphatic rings. The van der Waals surface area contributed by atoms with Gasteiger partial charge >= 0.3 is 6.03 Å². The summed E-state index contributed by atoms with van der Waals surface area (Å²) in [5, 5.41) is 2.98. The fourth-order valence-corrected chi connectivity index (χ4v) is 2.84. The molecule has 128 valence electrons. The van der Waals surface area contributed by atoms with Crippen molar-refractivity contribution in [1.29, 1.82) is 0 Å². The number of nitrogens with zero attached hydrogens (tertiary/aromatic N) is 3. The van der Waals surface area contributed by atoms with Crippen molar-refractivity contribution in [3.05, 3.63) is 47.8 Å². The number of hydrogen-bond acceptors (Lipinski definition) is 4. The van der Waals surface area contributed by atoms with Gasteiger partial charge in [-0.2, -0.15) is 0 Å². The molecule has 7 heteroatoms. The summed E-state index contributed by atoms with van der Waals surface area (Å²) in [6.45, 7) is 3.49. The molecule has 2 aromatic rings. The Labute approximate surface area is 140 Å². The zero-order chi connectivity index (χ0) is 17.1. The zero-order valence-electron chi connectivity index (χ0n) is 13.8. The fourth-order valence-electron chi connectivity index (χ4n) is 2.84. The van der Waals surface area contributed by atoms with Crippen molar-refractivity contribution in [2.75, 3.05) is 25.0 Å². The summed E-state index contributed by atoms with van der Waals surface area (Å²) in [5.41, 5.74) is 0. The fraction of sp³-hybridized carbons (Fsp3) is 0.412. The summed E-state index contributed by atoms with van der Waals surface area (Å²) >= 11 is 0. The number of urea groups is 1.